The first kappa shape index (κ1) is 9.96. The Labute approximate surface area is 74.6 Å². The highest BCUT2D eigenvalue weighted by Gasteiger charge is 2.37. The molecule has 12 heavy (non-hydrogen) atoms. The van der Waals surface area contributed by atoms with E-state index in [0.29, 0.717) is 5.92 Å². The lowest BCUT2D eigenvalue weighted by molar-refractivity contribution is -0.0398. The number of rotatable bonds is 4. The Hall–Kier alpha value is -0.120. The van der Waals surface area contributed by atoms with Gasteiger partial charge in [0.25, 0.3) is 0 Å². The summed E-state index contributed by atoms with van der Waals surface area (Å²) in [6.45, 7) is 4.16. The maximum atomic E-state index is 5.51. The van der Waals surface area contributed by atoms with Crippen LogP contribution < -0.4 is 11.3 Å². The van der Waals surface area contributed by atoms with Gasteiger partial charge in [0.15, 0.2) is 0 Å². The first-order chi connectivity index (χ1) is 5.61. The van der Waals surface area contributed by atoms with Gasteiger partial charge >= 0.3 is 0 Å². The Morgan fingerprint density at radius 2 is 2.08 bits per heavy atom. The predicted molar refractivity (Wildman–Crippen MR) is 49.5 cm³/mol. The zero-order valence-corrected chi connectivity index (χ0v) is 8.26. The Kier molecular flexibility index (Phi) is 3.09. The molecule has 0 aromatic rings. The number of hydrogen-bond acceptors (Lipinski definition) is 3. The van der Waals surface area contributed by atoms with Crippen molar-refractivity contribution in [2.24, 2.45) is 11.8 Å². The molecule has 3 nitrogen and oxygen atoms in total. The summed E-state index contributed by atoms with van der Waals surface area (Å²) in [5.74, 6) is 6.21. The van der Waals surface area contributed by atoms with Crippen molar-refractivity contribution in [3.63, 3.8) is 0 Å². The topological polar surface area (TPSA) is 47.3 Å². The van der Waals surface area contributed by atoms with E-state index in [0.717, 1.165) is 0 Å². The Bertz CT molecular complexity index is 143. The summed E-state index contributed by atoms with van der Waals surface area (Å²) < 4.78 is 5.41. The monoisotopic (exact) mass is 172 g/mol. The molecule has 72 valence electrons. The average molecular weight is 172 g/mol. The summed E-state index contributed by atoms with van der Waals surface area (Å²) in [7, 11) is 1.74. The molecular formula is C9H20N2O. The van der Waals surface area contributed by atoms with Crippen molar-refractivity contribution in [1.82, 2.24) is 5.43 Å². The molecule has 0 aromatic carbocycles. The van der Waals surface area contributed by atoms with Gasteiger partial charge in [-0.2, -0.15) is 0 Å². The molecule has 1 fully saturated rings. The summed E-state index contributed by atoms with van der Waals surface area (Å²) in [5, 5.41) is 0. The quantitative estimate of drug-likeness (QED) is 0.492. The Balaban J connectivity index is 2.53. The molecule has 1 rings (SSSR count). The van der Waals surface area contributed by atoms with Gasteiger partial charge in [0.05, 0.1) is 11.6 Å². The van der Waals surface area contributed by atoms with Crippen molar-refractivity contribution in [3.05, 3.63) is 0 Å². The molecule has 1 saturated carbocycles. The van der Waals surface area contributed by atoms with Crippen molar-refractivity contribution >= 4 is 0 Å². The molecule has 0 heterocycles. The summed E-state index contributed by atoms with van der Waals surface area (Å²) in [6.07, 6.45) is 3.89. The zero-order chi connectivity index (χ0) is 9.19. The molecule has 0 radical (unpaired) electrons. The van der Waals surface area contributed by atoms with Crippen LogP contribution in [0.15, 0.2) is 0 Å². The van der Waals surface area contributed by atoms with Gasteiger partial charge in [0.2, 0.25) is 0 Å². The fraction of sp³-hybridized carbons (Fsp3) is 1.00. The second-order valence-electron chi connectivity index (χ2n) is 4.14. The first-order valence-corrected chi connectivity index (χ1v) is 4.63. The number of hydrogen-bond donors (Lipinski definition) is 2. The van der Waals surface area contributed by atoms with Crippen LogP contribution in [-0.4, -0.2) is 18.8 Å². The largest absolute Gasteiger partial charge is 0.377 e. The van der Waals surface area contributed by atoms with Crippen LogP contribution in [-0.2, 0) is 4.74 Å². The van der Waals surface area contributed by atoms with E-state index in [1.165, 1.54) is 19.3 Å². The van der Waals surface area contributed by atoms with Crippen LogP contribution in [0.25, 0.3) is 0 Å². The maximum Gasteiger partial charge on any atom is 0.0791 e. The summed E-state index contributed by atoms with van der Waals surface area (Å²) in [4.78, 5) is 0. The minimum atomic E-state index is -0.153. The molecule has 0 amide bonds. The van der Waals surface area contributed by atoms with E-state index in [2.05, 4.69) is 19.3 Å². The molecule has 1 aliphatic carbocycles. The predicted octanol–water partition coefficient (Wildman–Crippen LogP) is 1.04. The Morgan fingerprint density at radius 3 is 2.33 bits per heavy atom. The number of nitrogens with one attached hydrogen (secondary N) is 1. The normalized spacial score (nSPS) is 22.0. The lowest BCUT2D eigenvalue weighted by Gasteiger charge is -2.42. The van der Waals surface area contributed by atoms with Crippen molar-refractivity contribution in [2.75, 3.05) is 7.11 Å². The van der Waals surface area contributed by atoms with Crippen molar-refractivity contribution in [2.45, 2.75) is 44.8 Å². The Morgan fingerprint density at radius 1 is 1.50 bits per heavy atom. The van der Waals surface area contributed by atoms with E-state index >= 15 is 0 Å². The number of methoxy groups -OCH3 is 1. The molecule has 1 aliphatic rings. The molecule has 0 aliphatic heterocycles. The van der Waals surface area contributed by atoms with Gasteiger partial charge in [-0.15, -0.1) is 0 Å². The lowest BCUT2D eigenvalue weighted by atomic mass is 9.74. The number of hydrazine groups is 1. The van der Waals surface area contributed by atoms with Crippen LogP contribution >= 0.6 is 0 Å². The molecule has 0 saturated heterocycles. The molecule has 3 heteroatoms. The maximum absolute atomic E-state index is 5.51. The smallest absolute Gasteiger partial charge is 0.0791 e. The standard InChI is InChI=1S/C9H20N2O/c1-9(2,12-3)8(11-10)7-5-4-6-7/h7-8,11H,4-6,10H2,1-3H3. The van der Waals surface area contributed by atoms with E-state index in [4.69, 9.17) is 10.6 Å². The molecule has 0 spiro atoms. The van der Waals surface area contributed by atoms with Crippen molar-refractivity contribution in [1.29, 1.82) is 0 Å². The molecule has 1 unspecified atom stereocenters. The van der Waals surface area contributed by atoms with Crippen LogP contribution in [0.2, 0.25) is 0 Å². The molecule has 0 aromatic heterocycles. The third-order valence-corrected chi connectivity index (χ3v) is 3.08. The van der Waals surface area contributed by atoms with E-state index in [1.54, 1.807) is 7.11 Å². The average Bonchev–Trinajstić information content (AvgIpc) is 1.96. The number of nitrogens with two attached hydrogens (primary N) is 1. The zero-order valence-electron chi connectivity index (χ0n) is 8.26. The fourth-order valence-electron chi connectivity index (χ4n) is 1.80. The van der Waals surface area contributed by atoms with Crippen molar-refractivity contribution < 1.29 is 4.74 Å². The second kappa shape index (κ2) is 3.73. The van der Waals surface area contributed by atoms with E-state index < -0.39 is 0 Å². The summed E-state index contributed by atoms with van der Waals surface area (Å²) in [6, 6.07) is 0.288. The molecule has 3 N–H and O–H groups in total. The van der Waals surface area contributed by atoms with E-state index in [9.17, 15) is 0 Å². The van der Waals surface area contributed by atoms with Crippen LogP contribution in [0.1, 0.15) is 33.1 Å². The van der Waals surface area contributed by atoms with Crippen LogP contribution in [0.5, 0.6) is 0 Å². The van der Waals surface area contributed by atoms with Crippen LogP contribution in [0.3, 0.4) is 0 Å². The van der Waals surface area contributed by atoms with Gasteiger partial charge in [-0.25, -0.2) is 0 Å². The van der Waals surface area contributed by atoms with Gasteiger partial charge in [0, 0.05) is 7.11 Å². The van der Waals surface area contributed by atoms with E-state index in [1.807, 2.05) is 0 Å². The van der Waals surface area contributed by atoms with E-state index in [-0.39, 0.29) is 11.6 Å². The van der Waals surface area contributed by atoms with Gasteiger partial charge < -0.3 is 4.74 Å². The van der Waals surface area contributed by atoms with Gasteiger partial charge in [0.1, 0.15) is 0 Å². The van der Waals surface area contributed by atoms with Crippen LogP contribution in [0.4, 0.5) is 0 Å². The second-order valence-corrected chi connectivity index (χ2v) is 4.14. The van der Waals surface area contributed by atoms with Crippen molar-refractivity contribution in [3.8, 4) is 0 Å². The van der Waals surface area contributed by atoms with Gasteiger partial charge in [-0.05, 0) is 32.6 Å². The SMILES string of the molecule is COC(C)(C)C(NN)C1CCC1. The first-order valence-electron chi connectivity index (χ1n) is 4.63. The summed E-state index contributed by atoms with van der Waals surface area (Å²) in [5.41, 5.74) is 2.72. The molecular weight excluding hydrogens is 152 g/mol. The fourth-order valence-corrected chi connectivity index (χ4v) is 1.80. The highest BCUT2D eigenvalue weighted by molar-refractivity contribution is 4.92. The van der Waals surface area contributed by atoms with Gasteiger partial charge in [-0.1, -0.05) is 6.42 Å². The minimum Gasteiger partial charge on any atom is -0.377 e. The third-order valence-electron chi connectivity index (χ3n) is 3.08. The lowest BCUT2D eigenvalue weighted by Crippen LogP contribution is -2.56. The number of ether oxygens (including phenoxy) is 1. The third kappa shape index (κ3) is 1.79. The minimum absolute atomic E-state index is 0.153. The molecule has 0 bridgehead atoms. The molecule has 1 atom stereocenters. The highest BCUT2D eigenvalue weighted by atomic mass is 16.5. The van der Waals surface area contributed by atoms with Gasteiger partial charge in [-0.3, -0.25) is 11.3 Å². The highest BCUT2D eigenvalue weighted by Crippen LogP contribution is 2.34. The van der Waals surface area contributed by atoms with Crippen LogP contribution in [0, 0.1) is 5.92 Å². The summed E-state index contributed by atoms with van der Waals surface area (Å²) >= 11 is 0.